The van der Waals surface area contributed by atoms with Gasteiger partial charge >= 0.3 is 0 Å². The molecule has 1 aromatic rings. The second-order valence-corrected chi connectivity index (χ2v) is 6.03. The fraction of sp³-hybridized carbons (Fsp3) is 0.389. The Kier molecular flexibility index (Phi) is 4.34. The molecule has 106 valence electrons. The molecule has 3 N–H and O–H groups in total. The lowest BCUT2D eigenvalue weighted by Crippen LogP contribution is -2.31. The molecule has 1 aromatic carbocycles. The largest absolute Gasteiger partial charge is 0.398 e. The van der Waals surface area contributed by atoms with Crippen LogP contribution in [0.2, 0.25) is 0 Å². The lowest BCUT2D eigenvalue weighted by atomic mass is 9.63. The van der Waals surface area contributed by atoms with E-state index in [2.05, 4.69) is 26.8 Å². The van der Waals surface area contributed by atoms with Crippen LogP contribution in [-0.2, 0) is 0 Å². The van der Waals surface area contributed by atoms with E-state index in [1.54, 1.807) is 0 Å². The maximum absolute atomic E-state index is 9.44. The van der Waals surface area contributed by atoms with Crippen molar-refractivity contribution in [3.8, 4) is 0 Å². The normalized spacial score (nSPS) is 21.9. The fourth-order valence-electron chi connectivity index (χ4n) is 3.04. The summed E-state index contributed by atoms with van der Waals surface area (Å²) >= 11 is 0. The van der Waals surface area contributed by atoms with Crippen LogP contribution >= 0.6 is 0 Å². The number of hydrogen-bond donors (Lipinski definition) is 2. The number of para-hydroxylation sites is 1. The number of nitrogen functional groups attached to an aromatic ring is 1. The minimum absolute atomic E-state index is 0.0624. The van der Waals surface area contributed by atoms with Crippen LogP contribution in [0.4, 0.5) is 5.69 Å². The van der Waals surface area contributed by atoms with E-state index in [0.29, 0.717) is 0 Å². The first-order valence-electron chi connectivity index (χ1n) is 7.07. The number of aliphatic hydroxyl groups is 1. The summed E-state index contributed by atoms with van der Waals surface area (Å²) in [6.45, 7) is 8.53. The maximum Gasteiger partial charge on any atom is 0.0437 e. The molecule has 2 rings (SSSR count). The van der Waals surface area contributed by atoms with Gasteiger partial charge in [0.05, 0.1) is 0 Å². The summed E-state index contributed by atoms with van der Waals surface area (Å²) < 4.78 is 0. The van der Waals surface area contributed by atoms with Crippen molar-refractivity contribution in [1.29, 1.82) is 0 Å². The second kappa shape index (κ2) is 5.84. The van der Waals surface area contributed by atoms with E-state index < -0.39 is 0 Å². The quantitative estimate of drug-likeness (QED) is 0.818. The molecule has 0 fully saturated rings. The number of nitrogens with two attached hydrogens (primary N) is 1. The summed E-state index contributed by atoms with van der Waals surface area (Å²) in [7, 11) is 0. The highest BCUT2D eigenvalue weighted by atomic mass is 16.3. The van der Waals surface area contributed by atoms with Gasteiger partial charge in [-0.05, 0) is 41.4 Å². The van der Waals surface area contributed by atoms with Crippen molar-refractivity contribution in [2.24, 2.45) is 11.3 Å². The Morgan fingerprint density at radius 1 is 1.45 bits per heavy atom. The molecule has 1 aliphatic carbocycles. The van der Waals surface area contributed by atoms with Crippen LogP contribution in [0.5, 0.6) is 0 Å². The summed E-state index contributed by atoms with van der Waals surface area (Å²) in [5, 5.41) is 9.44. The van der Waals surface area contributed by atoms with Crippen molar-refractivity contribution in [1.82, 2.24) is 0 Å². The standard InChI is InChI=1S/C18H23NO/c1-4-13-9-11-18(2,3)15(10-12-20)17(13)14-7-5-6-8-16(14)19/h4-8,15,20H,1,10-12,19H2,2-3H3. The van der Waals surface area contributed by atoms with Gasteiger partial charge in [-0.3, -0.25) is 0 Å². The second-order valence-electron chi connectivity index (χ2n) is 6.03. The average Bonchev–Trinajstić information content (AvgIpc) is 2.42. The molecule has 0 saturated heterocycles. The molecule has 0 bridgehead atoms. The monoisotopic (exact) mass is 269 g/mol. The third kappa shape index (κ3) is 2.66. The van der Waals surface area contributed by atoms with Crippen molar-refractivity contribution in [3.63, 3.8) is 0 Å². The Hall–Kier alpha value is -1.54. The van der Waals surface area contributed by atoms with Crippen LogP contribution in [0.25, 0.3) is 5.57 Å². The number of hydrogen-bond acceptors (Lipinski definition) is 2. The van der Waals surface area contributed by atoms with Crippen LogP contribution in [0, 0.1) is 17.8 Å². The summed E-state index contributed by atoms with van der Waals surface area (Å²) in [5.74, 6) is 0.256. The van der Waals surface area contributed by atoms with Crippen molar-refractivity contribution in [2.75, 3.05) is 12.3 Å². The Bertz CT molecular complexity index is 528. The molecule has 0 saturated carbocycles. The van der Waals surface area contributed by atoms with Gasteiger partial charge in [0, 0.05) is 24.3 Å². The van der Waals surface area contributed by atoms with Crippen molar-refractivity contribution in [3.05, 3.63) is 54.5 Å². The molecule has 0 heterocycles. The molecule has 1 atom stereocenters. The van der Waals surface area contributed by atoms with Crippen LogP contribution in [0.15, 0.2) is 42.5 Å². The van der Waals surface area contributed by atoms with E-state index in [9.17, 15) is 5.11 Å². The molecule has 0 spiro atoms. The van der Waals surface area contributed by atoms with E-state index >= 15 is 0 Å². The van der Waals surface area contributed by atoms with Crippen molar-refractivity contribution < 1.29 is 5.11 Å². The Balaban J connectivity index is 2.60. The van der Waals surface area contributed by atoms with E-state index in [0.717, 1.165) is 29.7 Å². The summed E-state index contributed by atoms with van der Waals surface area (Å²) in [6.07, 6.45) is 6.90. The van der Waals surface area contributed by atoms with E-state index in [4.69, 9.17) is 5.73 Å². The van der Waals surface area contributed by atoms with Crippen LogP contribution in [0.3, 0.4) is 0 Å². The van der Waals surface area contributed by atoms with E-state index in [1.165, 1.54) is 5.57 Å². The number of rotatable bonds is 4. The molecule has 1 aliphatic rings. The van der Waals surface area contributed by atoms with Crippen molar-refractivity contribution in [2.45, 2.75) is 26.7 Å². The molecule has 0 aliphatic heterocycles. The first-order chi connectivity index (χ1) is 9.51. The van der Waals surface area contributed by atoms with Gasteiger partial charge in [-0.15, -0.1) is 0 Å². The summed E-state index contributed by atoms with van der Waals surface area (Å²) in [4.78, 5) is 0. The third-order valence-corrected chi connectivity index (χ3v) is 4.19. The zero-order chi connectivity index (χ0) is 14.8. The van der Waals surface area contributed by atoms with E-state index in [1.807, 2.05) is 30.3 Å². The first kappa shape index (κ1) is 14.9. The predicted molar refractivity (Wildman–Crippen MR) is 84.8 cm³/mol. The predicted octanol–water partition coefficient (Wildman–Crippen LogP) is 3.72. The van der Waals surface area contributed by atoms with Gasteiger partial charge in [0.25, 0.3) is 0 Å². The third-order valence-electron chi connectivity index (χ3n) is 4.19. The molecule has 1 unspecified atom stereocenters. The SMILES string of the molecule is C=CC1=C(c2ccccc2N)C(CCO)C(C)(C)C[C]1. The van der Waals surface area contributed by atoms with Gasteiger partial charge in [0.15, 0.2) is 0 Å². The smallest absolute Gasteiger partial charge is 0.0437 e. The molecule has 2 heteroatoms. The molecular weight excluding hydrogens is 246 g/mol. The Morgan fingerprint density at radius 2 is 2.15 bits per heavy atom. The van der Waals surface area contributed by atoms with Gasteiger partial charge < -0.3 is 10.8 Å². The number of allylic oxidation sites excluding steroid dienone is 3. The van der Waals surface area contributed by atoms with Gasteiger partial charge in [-0.1, -0.05) is 44.7 Å². The number of aliphatic hydroxyl groups excluding tert-OH is 1. The fourth-order valence-corrected chi connectivity index (χ4v) is 3.04. The van der Waals surface area contributed by atoms with Gasteiger partial charge in [-0.25, -0.2) is 0 Å². The van der Waals surface area contributed by atoms with Crippen LogP contribution < -0.4 is 5.73 Å². The lowest BCUT2D eigenvalue weighted by Gasteiger charge is -2.41. The molecular formula is C18H23NO. The minimum atomic E-state index is 0.0624. The van der Waals surface area contributed by atoms with Gasteiger partial charge in [0.1, 0.15) is 0 Å². The van der Waals surface area contributed by atoms with Gasteiger partial charge in [-0.2, -0.15) is 0 Å². The summed E-state index contributed by atoms with van der Waals surface area (Å²) in [5.41, 5.74) is 10.2. The zero-order valence-electron chi connectivity index (χ0n) is 12.3. The van der Waals surface area contributed by atoms with Crippen LogP contribution in [0.1, 0.15) is 32.3 Å². The lowest BCUT2D eigenvalue weighted by molar-refractivity contribution is 0.192. The maximum atomic E-state index is 9.44. The van der Waals surface area contributed by atoms with Crippen LogP contribution in [-0.4, -0.2) is 11.7 Å². The van der Waals surface area contributed by atoms with Crippen molar-refractivity contribution >= 4 is 11.3 Å². The number of anilines is 1. The highest BCUT2D eigenvalue weighted by Gasteiger charge is 2.37. The Morgan fingerprint density at radius 3 is 2.75 bits per heavy atom. The summed E-state index contributed by atoms with van der Waals surface area (Å²) in [6, 6.07) is 7.90. The van der Waals surface area contributed by atoms with E-state index in [-0.39, 0.29) is 17.9 Å². The zero-order valence-corrected chi connectivity index (χ0v) is 12.3. The highest BCUT2D eigenvalue weighted by Crippen LogP contribution is 2.50. The molecule has 0 aromatic heterocycles. The molecule has 2 nitrogen and oxygen atoms in total. The average molecular weight is 269 g/mol. The molecule has 20 heavy (non-hydrogen) atoms. The Labute approximate surface area is 122 Å². The minimum Gasteiger partial charge on any atom is -0.398 e. The highest BCUT2D eigenvalue weighted by molar-refractivity contribution is 5.82. The first-order valence-corrected chi connectivity index (χ1v) is 7.07. The topological polar surface area (TPSA) is 46.2 Å². The number of benzene rings is 1. The van der Waals surface area contributed by atoms with Gasteiger partial charge in [0.2, 0.25) is 0 Å². The molecule has 0 amide bonds. The molecule has 2 radical (unpaired) electrons.